The molecule has 0 saturated heterocycles. The molecule has 0 rings (SSSR count). The van der Waals surface area contributed by atoms with Gasteiger partial charge >= 0.3 is 0 Å². The van der Waals surface area contributed by atoms with Crippen LogP contribution in [0.4, 0.5) is 0 Å². The third kappa shape index (κ3) is 2.93. The topological polar surface area (TPSA) is 44.1 Å². The first-order chi connectivity index (χ1) is 3.85. The average Bonchev–Trinajstić information content (AvgIpc) is 1.62. The molecule has 0 amide bonds. The smallest absolute Gasteiger partial charge is 0.0848 e. The molecule has 2 N–H and O–H groups in total. The predicted octanol–water partition coefficient (Wildman–Crippen LogP) is -0.433. The molecule has 0 heterocycles. The van der Waals surface area contributed by atoms with Crippen LogP contribution in [0.1, 0.15) is 0 Å². The molecule has 0 radical (unpaired) electrons. The van der Waals surface area contributed by atoms with Gasteiger partial charge in [0.25, 0.3) is 0 Å². The molecule has 4 heteroatoms. The van der Waals surface area contributed by atoms with Crippen LogP contribution in [0.25, 0.3) is 0 Å². The summed E-state index contributed by atoms with van der Waals surface area (Å²) in [5, 5.41) is 17.1. The molecule has 0 spiro atoms. The summed E-state index contributed by atoms with van der Waals surface area (Å²) in [6, 6.07) is 0. The van der Waals surface area contributed by atoms with Gasteiger partial charge < -0.3 is 10.5 Å². The van der Waals surface area contributed by atoms with Crippen LogP contribution in [0.15, 0.2) is 0 Å². The molecular weight excluding hydrogens is 146 g/mol. The maximum Gasteiger partial charge on any atom is 0.0848 e. The van der Waals surface area contributed by atoms with Gasteiger partial charge in [0.15, 0.2) is 0 Å². The van der Waals surface area contributed by atoms with Crippen molar-refractivity contribution >= 4 is 23.7 Å². The molecule has 0 aliphatic carbocycles. The summed E-state index contributed by atoms with van der Waals surface area (Å²) in [5.74, 6) is 0. The molecule has 0 aromatic carbocycles. The Morgan fingerprint density at radius 1 is 1.56 bits per heavy atom. The van der Waals surface area contributed by atoms with Crippen LogP contribution in [0, 0.1) is 5.41 Å². The number of hydrogen-bond acceptors (Lipinski definition) is 2. The van der Waals surface area contributed by atoms with Crippen LogP contribution in [0.3, 0.4) is 0 Å². The highest BCUT2D eigenvalue weighted by atomic mass is 28.3. The number of aliphatic hydroxyl groups excluding tert-OH is 1. The van der Waals surface area contributed by atoms with E-state index in [1.54, 1.807) is 0 Å². The minimum Gasteiger partial charge on any atom is -0.391 e. The lowest BCUT2D eigenvalue weighted by atomic mass is 10.8. The lowest BCUT2D eigenvalue weighted by Crippen LogP contribution is -2.43. The van der Waals surface area contributed by atoms with Gasteiger partial charge in [0.05, 0.1) is 24.0 Å². The fourth-order valence-electron chi connectivity index (χ4n) is 0.650. The number of rotatable bonds is 2. The largest absolute Gasteiger partial charge is 0.391 e. The fraction of sp³-hybridized carbons (Fsp3) is 0.800. The highest BCUT2D eigenvalue weighted by Crippen LogP contribution is 2.06. The lowest BCUT2D eigenvalue weighted by Gasteiger charge is -2.22. The van der Waals surface area contributed by atoms with Crippen molar-refractivity contribution in [3.8, 4) is 0 Å². The minimum absolute atomic E-state index is 0.399. The van der Waals surface area contributed by atoms with E-state index in [1.165, 1.54) is 0 Å². The van der Waals surface area contributed by atoms with Gasteiger partial charge in [-0.3, -0.25) is 0 Å². The zero-order valence-electron chi connectivity index (χ0n) is 6.52. The van der Waals surface area contributed by atoms with Crippen LogP contribution < -0.4 is 0 Å². The summed E-state index contributed by atoms with van der Waals surface area (Å²) in [7, 11) is -0.756. The van der Waals surface area contributed by atoms with Crippen LogP contribution in [-0.2, 0) is 0 Å². The lowest BCUT2D eigenvalue weighted by molar-refractivity contribution is 0.309. The molecule has 9 heavy (non-hydrogen) atoms. The molecule has 0 aliphatic rings. The van der Waals surface area contributed by atoms with Crippen molar-refractivity contribution in [1.29, 1.82) is 5.41 Å². The summed E-state index contributed by atoms with van der Waals surface area (Å²) in [5.41, 5.74) is -0.399. The Hall–Kier alpha value is 0.0638. The molecular formula is C5H15NOSi2. The molecule has 2 nitrogen and oxygen atoms in total. The summed E-state index contributed by atoms with van der Waals surface area (Å²) >= 11 is 0. The second-order valence-electron chi connectivity index (χ2n) is 3.45. The standard InChI is InChI=1S/C5H15NOSi2/c1-9(2,3)5(7)4(6)8/h5-7H,1-3,8H3. The van der Waals surface area contributed by atoms with E-state index < -0.39 is 13.8 Å². The summed E-state index contributed by atoms with van der Waals surface area (Å²) in [4.78, 5) is 0. The predicted molar refractivity (Wildman–Crippen MR) is 47.0 cm³/mol. The summed E-state index contributed by atoms with van der Waals surface area (Å²) < 4.78 is 0. The second kappa shape index (κ2) is 2.76. The van der Waals surface area contributed by atoms with E-state index in [2.05, 4.69) is 19.6 Å². The van der Waals surface area contributed by atoms with E-state index >= 15 is 0 Å². The van der Waals surface area contributed by atoms with E-state index in [0.717, 1.165) is 0 Å². The van der Waals surface area contributed by atoms with Crippen LogP contribution in [0.5, 0.6) is 0 Å². The average molecular weight is 161 g/mol. The monoisotopic (exact) mass is 161 g/mol. The molecule has 0 aromatic rings. The Morgan fingerprint density at radius 3 is 1.89 bits per heavy atom. The van der Waals surface area contributed by atoms with Gasteiger partial charge in [-0.15, -0.1) is 0 Å². The SMILES string of the molecule is C[Si](C)(C)C(O)C(=N)[SiH3]. The maximum atomic E-state index is 9.33. The molecule has 54 valence electrons. The van der Waals surface area contributed by atoms with Crippen molar-refractivity contribution in [2.75, 3.05) is 0 Å². The van der Waals surface area contributed by atoms with Gasteiger partial charge in [0, 0.05) is 5.33 Å². The van der Waals surface area contributed by atoms with Gasteiger partial charge in [-0.25, -0.2) is 0 Å². The van der Waals surface area contributed by atoms with Gasteiger partial charge in [-0.1, -0.05) is 19.6 Å². The Labute approximate surface area is 60.2 Å². The van der Waals surface area contributed by atoms with E-state index in [4.69, 9.17) is 5.41 Å². The normalized spacial score (nSPS) is 15.6. The zero-order valence-corrected chi connectivity index (χ0v) is 9.52. The fourth-order valence-corrected chi connectivity index (χ4v) is 4.55. The zero-order chi connectivity index (χ0) is 7.65. The first-order valence-electron chi connectivity index (χ1n) is 3.09. The Morgan fingerprint density at radius 2 is 1.89 bits per heavy atom. The molecule has 0 saturated carbocycles. The third-order valence-corrected chi connectivity index (χ3v) is 4.43. The van der Waals surface area contributed by atoms with Crippen LogP contribution >= 0.6 is 0 Å². The molecule has 0 bridgehead atoms. The first-order valence-corrected chi connectivity index (χ1v) is 7.66. The molecule has 0 aliphatic heterocycles. The van der Waals surface area contributed by atoms with Gasteiger partial charge in [-0.2, -0.15) is 0 Å². The van der Waals surface area contributed by atoms with Crippen molar-refractivity contribution in [3.63, 3.8) is 0 Å². The highest BCUT2D eigenvalue weighted by Gasteiger charge is 2.25. The van der Waals surface area contributed by atoms with Crippen molar-refractivity contribution in [3.05, 3.63) is 0 Å². The molecule has 0 aromatic heterocycles. The first kappa shape index (κ1) is 9.06. The number of aliphatic hydroxyl groups is 1. The Kier molecular flexibility index (Phi) is 2.78. The van der Waals surface area contributed by atoms with Crippen molar-refractivity contribution in [2.24, 2.45) is 0 Å². The van der Waals surface area contributed by atoms with Crippen molar-refractivity contribution in [2.45, 2.75) is 25.4 Å². The molecule has 1 unspecified atom stereocenters. The second-order valence-corrected chi connectivity index (χ2v) is 9.81. The Bertz CT molecular complexity index is 119. The molecule has 1 atom stereocenters. The summed E-state index contributed by atoms with van der Waals surface area (Å²) in [6.07, 6.45) is 0. The van der Waals surface area contributed by atoms with Crippen molar-refractivity contribution < 1.29 is 5.11 Å². The summed E-state index contributed by atoms with van der Waals surface area (Å²) in [6.45, 7) is 6.22. The quantitative estimate of drug-likeness (QED) is 0.419. The van der Waals surface area contributed by atoms with Gasteiger partial charge in [0.1, 0.15) is 0 Å². The number of nitrogens with one attached hydrogen (secondary N) is 1. The third-order valence-electron chi connectivity index (χ3n) is 1.23. The number of hydrogen-bond donors (Lipinski definition) is 2. The van der Waals surface area contributed by atoms with Crippen molar-refractivity contribution in [1.82, 2.24) is 0 Å². The van der Waals surface area contributed by atoms with E-state index in [1.807, 2.05) is 0 Å². The van der Waals surface area contributed by atoms with E-state index in [9.17, 15) is 5.11 Å². The van der Waals surface area contributed by atoms with Crippen LogP contribution in [-0.4, -0.2) is 34.5 Å². The molecule has 0 fully saturated rings. The Balaban J connectivity index is 4.04. The van der Waals surface area contributed by atoms with E-state index in [0.29, 0.717) is 15.6 Å². The van der Waals surface area contributed by atoms with Gasteiger partial charge in [0.2, 0.25) is 0 Å². The van der Waals surface area contributed by atoms with E-state index in [-0.39, 0.29) is 0 Å². The maximum absolute atomic E-state index is 9.33. The van der Waals surface area contributed by atoms with Gasteiger partial charge in [-0.05, 0) is 0 Å². The van der Waals surface area contributed by atoms with Crippen LogP contribution in [0.2, 0.25) is 19.6 Å². The minimum atomic E-state index is -1.46. The highest BCUT2D eigenvalue weighted by molar-refractivity contribution is 6.85.